The van der Waals surface area contributed by atoms with Gasteiger partial charge in [-0.15, -0.1) is 0 Å². The van der Waals surface area contributed by atoms with E-state index in [1.54, 1.807) is 6.07 Å². The lowest BCUT2D eigenvalue weighted by Gasteiger charge is -2.30. The van der Waals surface area contributed by atoms with E-state index in [1.165, 1.54) is 10.6 Å². The van der Waals surface area contributed by atoms with Crippen LogP contribution in [0.4, 0.5) is 0 Å². The van der Waals surface area contributed by atoms with Gasteiger partial charge in [-0.05, 0) is 40.9 Å². The van der Waals surface area contributed by atoms with Gasteiger partial charge in [-0.1, -0.05) is 12.1 Å². The molecule has 7 heteroatoms. The molecule has 2 rings (SSSR count). The van der Waals surface area contributed by atoms with Gasteiger partial charge in [0.25, 0.3) is 5.91 Å². The van der Waals surface area contributed by atoms with Crippen LogP contribution in [-0.4, -0.2) is 44.0 Å². The molecule has 0 spiro atoms. The van der Waals surface area contributed by atoms with Crippen LogP contribution in [-0.2, 0) is 10.0 Å². The van der Waals surface area contributed by atoms with Gasteiger partial charge in [0.1, 0.15) is 0 Å². The molecule has 5 nitrogen and oxygen atoms in total. The monoisotopic (exact) mass is 360 g/mol. The molecule has 1 heterocycles. The standard InChI is InChI=1S/C13H17BrN2O3S/c1-20(18,19)16-8-6-10(7-9-16)15-13(17)11-4-2-3-5-12(11)14/h2-5,10H,6-9H2,1H3,(H,15,17). The van der Waals surface area contributed by atoms with E-state index in [-0.39, 0.29) is 11.9 Å². The SMILES string of the molecule is CS(=O)(=O)N1CCC(NC(=O)c2ccccc2Br)CC1. The second kappa shape index (κ2) is 6.24. The van der Waals surface area contributed by atoms with Gasteiger partial charge in [-0.3, -0.25) is 4.79 Å². The number of rotatable bonds is 3. The smallest absolute Gasteiger partial charge is 0.252 e. The third-order valence-electron chi connectivity index (χ3n) is 3.38. The molecule has 1 aromatic carbocycles. The first-order valence-electron chi connectivity index (χ1n) is 6.38. The third kappa shape index (κ3) is 3.80. The van der Waals surface area contributed by atoms with E-state index in [0.29, 0.717) is 31.5 Å². The van der Waals surface area contributed by atoms with Crippen molar-refractivity contribution in [1.82, 2.24) is 9.62 Å². The van der Waals surface area contributed by atoms with Crippen molar-refractivity contribution in [3.8, 4) is 0 Å². The molecule has 20 heavy (non-hydrogen) atoms. The zero-order chi connectivity index (χ0) is 14.8. The summed E-state index contributed by atoms with van der Waals surface area (Å²) < 4.78 is 25.0. The second-order valence-corrected chi connectivity index (χ2v) is 7.73. The lowest BCUT2D eigenvalue weighted by Crippen LogP contribution is -2.46. The normalized spacial score (nSPS) is 17.9. The molecule has 1 aliphatic heterocycles. The van der Waals surface area contributed by atoms with Crippen molar-refractivity contribution in [3.63, 3.8) is 0 Å². The van der Waals surface area contributed by atoms with Crippen molar-refractivity contribution in [1.29, 1.82) is 0 Å². The predicted molar refractivity (Wildman–Crippen MR) is 81.0 cm³/mol. The summed E-state index contributed by atoms with van der Waals surface area (Å²) in [7, 11) is -3.12. The summed E-state index contributed by atoms with van der Waals surface area (Å²) >= 11 is 3.35. The molecular weight excluding hydrogens is 344 g/mol. The molecule has 0 saturated carbocycles. The molecule has 0 bridgehead atoms. The minimum Gasteiger partial charge on any atom is -0.349 e. The van der Waals surface area contributed by atoms with Gasteiger partial charge in [0.05, 0.1) is 11.8 Å². The summed E-state index contributed by atoms with van der Waals surface area (Å²) in [5.74, 6) is -0.129. The number of nitrogens with zero attached hydrogens (tertiary/aromatic N) is 1. The Morgan fingerprint density at radius 1 is 1.30 bits per heavy atom. The van der Waals surface area contributed by atoms with Gasteiger partial charge in [0.15, 0.2) is 0 Å². The Morgan fingerprint density at radius 3 is 2.45 bits per heavy atom. The van der Waals surface area contributed by atoms with Crippen LogP contribution in [0, 0.1) is 0 Å². The van der Waals surface area contributed by atoms with Crippen LogP contribution in [0.5, 0.6) is 0 Å². The zero-order valence-corrected chi connectivity index (χ0v) is 13.6. The van der Waals surface area contributed by atoms with Gasteiger partial charge in [-0.25, -0.2) is 12.7 Å². The molecule has 110 valence electrons. The number of sulfonamides is 1. The van der Waals surface area contributed by atoms with Crippen LogP contribution in [0.25, 0.3) is 0 Å². The van der Waals surface area contributed by atoms with E-state index in [0.717, 1.165) is 4.47 Å². The molecular formula is C13H17BrN2O3S. The van der Waals surface area contributed by atoms with Crippen LogP contribution >= 0.6 is 15.9 Å². The largest absolute Gasteiger partial charge is 0.349 e. The van der Waals surface area contributed by atoms with E-state index in [4.69, 9.17) is 0 Å². The molecule has 0 aromatic heterocycles. The topological polar surface area (TPSA) is 66.5 Å². The van der Waals surface area contributed by atoms with Gasteiger partial charge < -0.3 is 5.32 Å². The first kappa shape index (κ1) is 15.5. The Morgan fingerprint density at radius 2 is 1.90 bits per heavy atom. The maximum atomic E-state index is 12.1. The highest BCUT2D eigenvalue weighted by Crippen LogP contribution is 2.18. The highest BCUT2D eigenvalue weighted by Gasteiger charge is 2.26. The van der Waals surface area contributed by atoms with Crippen molar-refractivity contribution in [3.05, 3.63) is 34.3 Å². The summed E-state index contributed by atoms with van der Waals surface area (Å²) in [6, 6.07) is 7.26. The number of hydrogen-bond acceptors (Lipinski definition) is 3. The molecule has 0 aliphatic carbocycles. The summed E-state index contributed by atoms with van der Waals surface area (Å²) in [4.78, 5) is 12.1. The van der Waals surface area contributed by atoms with Crippen molar-refractivity contribution in [2.24, 2.45) is 0 Å². The first-order valence-corrected chi connectivity index (χ1v) is 9.02. The summed E-state index contributed by atoms with van der Waals surface area (Å²) in [6.45, 7) is 0.916. The Labute approximate surface area is 127 Å². The minimum absolute atomic E-state index is 0.0209. The Balaban J connectivity index is 1.93. The molecule has 1 N–H and O–H groups in total. The predicted octanol–water partition coefficient (Wildman–Crippen LogP) is 1.60. The van der Waals surface area contributed by atoms with Crippen molar-refractivity contribution in [2.45, 2.75) is 18.9 Å². The number of piperidine rings is 1. The maximum absolute atomic E-state index is 12.1. The highest BCUT2D eigenvalue weighted by molar-refractivity contribution is 9.10. The molecule has 0 radical (unpaired) electrons. The molecule has 1 amide bonds. The van der Waals surface area contributed by atoms with Gasteiger partial charge >= 0.3 is 0 Å². The number of carbonyl (C=O) groups is 1. The molecule has 1 aromatic rings. The number of amides is 1. The molecule has 0 unspecified atom stereocenters. The zero-order valence-electron chi connectivity index (χ0n) is 11.2. The highest BCUT2D eigenvalue weighted by atomic mass is 79.9. The van der Waals surface area contributed by atoms with E-state index in [1.807, 2.05) is 18.2 Å². The van der Waals surface area contributed by atoms with E-state index in [9.17, 15) is 13.2 Å². The fraction of sp³-hybridized carbons (Fsp3) is 0.462. The molecule has 1 fully saturated rings. The lowest BCUT2D eigenvalue weighted by atomic mass is 10.1. The van der Waals surface area contributed by atoms with E-state index >= 15 is 0 Å². The van der Waals surface area contributed by atoms with Gasteiger partial charge in [-0.2, -0.15) is 0 Å². The van der Waals surface area contributed by atoms with Crippen LogP contribution < -0.4 is 5.32 Å². The van der Waals surface area contributed by atoms with Gasteiger partial charge in [0.2, 0.25) is 10.0 Å². The van der Waals surface area contributed by atoms with Crippen molar-refractivity contribution in [2.75, 3.05) is 19.3 Å². The molecule has 1 saturated heterocycles. The fourth-order valence-corrected chi connectivity index (χ4v) is 3.58. The fourth-order valence-electron chi connectivity index (χ4n) is 2.24. The molecule has 1 aliphatic rings. The Kier molecular flexibility index (Phi) is 4.82. The van der Waals surface area contributed by atoms with Crippen LogP contribution in [0.1, 0.15) is 23.2 Å². The quantitative estimate of drug-likeness (QED) is 0.890. The number of carbonyl (C=O) groups excluding carboxylic acids is 1. The number of halogens is 1. The summed E-state index contributed by atoms with van der Waals surface area (Å²) in [6.07, 6.45) is 2.50. The van der Waals surface area contributed by atoms with Gasteiger partial charge in [0, 0.05) is 23.6 Å². The van der Waals surface area contributed by atoms with Crippen LogP contribution in [0.15, 0.2) is 28.7 Å². The summed E-state index contributed by atoms with van der Waals surface area (Å²) in [5.41, 5.74) is 0.595. The summed E-state index contributed by atoms with van der Waals surface area (Å²) in [5, 5.41) is 2.96. The lowest BCUT2D eigenvalue weighted by molar-refractivity contribution is 0.0923. The van der Waals surface area contributed by atoms with Crippen LogP contribution in [0.2, 0.25) is 0 Å². The maximum Gasteiger partial charge on any atom is 0.252 e. The van der Waals surface area contributed by atoms with Crippen molar-refractivity contribution < 1.29 is 13.2 Å². The number of hydrogen-bond donors (Lipinski definition) is 1. The third-order valence-corrected chi connectivity index (χ3v) is 5.37. The van der Waals surface area contributed by atoms with E-state index in [2.05, 4.69) is 21.2 Å². The van der Waals surface area contributed by atoms with Crippen molar-refractivity contribution >= 4 is 31.9 Å². The number of nitrogens with one attached hydrogen (secondary N) is 1. The first-order chi connectivity index (χ1) is 9.38. The number of benzene rings is 1. The minimum atomic E-state index is -3.12. The average Bonchev–Trinajstić information content (AvgIpc) is 2.38. The Hall–Kier alpha value is -0.920. The average molecular weight is 361 g/mol. The second-order valence-electron chi connectivity index (χ2n) is 4.89. The molecule has 0 atom stereocenters. The van der Waals surface area contributed by atoms with E-state index < -0.39 is 10.0 Å². The Bertz CT molecular complexity index is 595. The van der Waals surface area contributed by atoms with Crippen LogP contribution in [0.3, 0.4) is 0 Å².